The van der Waals surface area contributed by atoms with Gasteiger partial charge in [-0.05, 0) is 47.0 Å². The molecule has 36 heavy (non-hydrogen) atoms. The standard InChI is InChI=1S/C27H22ClNO5S2/c1-32-22-14-18(10-13-21(22)34-16-17-8-11-20(28)12-9-17)15-23-25(30)29(27(35)36-23)24(26(31)33-2)19-6-4-3-5-7-19/h3-15,24H,16H2,1-2H3/b23-15-. The number of benzene rings is 3. The fraction of sp³-hybridized carbons (Fsp3) is 0.148. The molecule has 4 rings (SSSR count). The minimum absolute atomic E-state index is 0.278. The van der Waals surface area contributed by atoms with Crippen molar-refractivity contribution in [2.75, 3.05) is 14.2 Å². The third kappa shape index (κ3) is 5.73. The number of ether oxygens (including phenoxy) is 3. The Morgan fingerprint density at radius 3 is 2.44 bits per heavy atom. The van der Waals surface area contributed by atoms with E-state index in [9.17, 15) is 9.59 Å². The Morgan fingerprint density at radius 1 is 1.06 bits per heavy atom. The molecule has 1 fully saturated rings. The lowest BCUT2D eigenvalue weighted by Crippen LogP contribution is -2.37. The van der Waals surface area contributed by atoms with Gasteiger partial charge in [-0.1, -0.05) is 84.1 Å². The number of carbonyl (C=O) groups is 2. The van der Waals surface area contributed by atoms with Gasteiger partial charge in [0.25, 0.3) is 5.91 Å². The predicted molar refractivity (Wildman–Crippen MR) is 145 cm³/mol. The Bertz CT molecular complexity index is 1310. The van der Waals surface area contributed by atoms with E-state index in [0.717, 1.165) is 22.9 Å². The van der Waals surface area contributed by atoms with Crippen LogP contribution in [0.3, 0.4) is 0 Å². The van der Waals surface area contributed by atoms with Gasteiger partial charge < -0.3 is 14.2 Å². The molecule has 0 saturated carbocycles. The van der Waals surface area contributed by atoms with Crippen LogP contribution in [0.1, 0.15) is 22.7 Å². The minimum atomic E-state index is -0.965. The monoisotopic (exact) mass is 539 g/mol. The molecule has 1 atom stereocenters. The third-order valence-corrected chi connectivity index (χ3v) is 7.00. The van der Waals surface area contributed by atoms with Crippen molar-refractivity contribution in [1.82, 2.24) is 4.90 Å². The normalized spacial score (nSPS) is 15.2. The molecule has 0 radical (unpaired) electrons. The topological polar surface area (TPSA) is 65.1 Å². The van der Waals surface area contributed by atoms with Crippen molar-refractivity contribution in [3.05, 3.63) is 99.4 Å². The molecular formula is C27H22ClNO5S2. The SMILES string of the molecule is COC(=O)C(c1ccccc1)N1C(=O)/C(=C/c2ccc(OCc3ccc(Cl)cc3)c(OC)c2)SC1=S. The summed E-state index contributed by atoms with van der Waals surface area (Å²) < 4.78 is 16.7. The maximum absolute atomic E-state index is 13.3. The minimum Gasteiger partial charge on any atom is -0.493 e. The van der Waals surface area contributed by atoms with Crippen molar-refractivity contribution in [2.24, 2.45) is 0 Å². The van der Waals surface area contributed by atoms with Crippen molar-refractivity contribution in [2.45, 2.75) is 12.6 Å². The molecule has 1 aliphatic rings. The maximum atomic E-state index is 13.3. The van der Waals surface area contributed by atoms with Crippen molar-refractivity contribution in [3.63, 3.8) is 0 Å². The molecular weight excluding hydrogens is 518 g/mol. The Morgan fingerprint density at radius 2 is 1.78 bits per heavy atom. The van der Waals surface area contributed by atoms with E-state index >= 15 is 0 Å². The van der Waals surface area contributed by atoms with Gasteiger partial charge in [0.15, 0.2) is 17.5 Å². The van der Waals surface area contributed by atoms with E-state index in [-0.39, 0.29) is 10.2 Å². The van der Waals surface area contributed by atoms with Gasteiger partial charge in [-0.2, -0.15) is 0 Å². The second kappa shape index (κ2) is 11.6. The number of amides is 1. The summed E-state index contributed by atoms with van der Waals surface area (Å²) in [6, 6.07) is 20.7. The van der Waals surface area contributed by atoms with Crippen LogP contribution in [-0.2, 0) is 20.9 Å². The first-order valence-electron chi connectivity index (χ1n) is 10.9. The first-order valence-corrected chi connectivity index (χ1v) is 12.5. The number of esters is 1. The van der Waals surface area contributed by atoms with Crippen LogP contribution in [0, 0.1) is 0 Å². The number of thioether (sulfide) groups is 1. The molecule has 0 aromatic heterocycles. The summed E-state index contributed by atoms with van der Waals surface area (Å²) >= 11 is 12.5. The second-order valence-corrected chi connectivity index (χ2v) is 9.83. The van der Waals surface area contributed by atoms with E-state index in [4.69, 9.17) is 38.0 Å². The molecule has 3 aromatic rings. The lowest BCUT2D eigenvalue weighted by Gasteiger charge is -2.24. The zero-order chi connectivity index (χ0) is 25.7. The number of hydrogen-bond acceptors (Lipinski definition) is 7. The Hall–Kier alpha value is -3.33. The van der Waals surface area contributed by atoms with Crippen molar-refractivity contribution >= 4 is 57.9 Å². The molecule has 0 bridgehead atoms. The van der Waals surface area contributed by atoms with E-state index < -0.39 is 12.0 Å². The highest BCUT2D eigenvalue weighted by molar-refractivity contribution is 8.26. The number of carbonyl (C=O) groups excluding carboxylic acids is 2. The van der Waals surface area contributed by atoms with E-state index in [2.05, 4.69) is 0 Å². The van der Waals surface area contributed by atoms with Crippen LogP contribution < -0.4 is 9.47 Å². The largest absolute Gasteiger partial charge is 0.493 e. The number of hydrogen-bond donors (Lipinski definition) is 0. The van der Waals surface area contributed by atoms with Crippen molar-refractivity contribution < 1.29 is 23.8 Å². The summed E-state index contributed by atoms with van der Waals surface area (Å²) in [5.74, 6) is 0.144. The van der Waals surface area contributed by atoms with Gasteiger partial charge in [0.05, 0.1) is 19.1 Å². The molecule has 1 aliphatic heterocycles. The fourth-order valence-corrected chi connectivity index (χ4v) is 5.07. The predicted octanol–water partition coefficient (Wildman–Crippen LogP) is 6.04. The van der Waals surface area contributed by atoms with Gasteiger partial charge in [-0.25, -0.2) is 4.79 Å². The summed E-state index contributed by atoms with van der Waals surface area (Å²) in [6.07, 6.45) is 1.71. The van der Waals surface area contributed by atoms with Gasteiger partial charge in [0.1, 0.15) is 10.9 Å². The van der Waals surface area contributed by atoms with Gasteiger partial charge in [0, 0.05) is 5.02 Å². The summed E-state index contributed by atoms with van der Waals surface area (Å²) in [6.45, 7) is 0.347. The van der Waals surface area contributed by atoms with Gasteiger partial charge >= 0.3 is 5.97 Å². The van der Waals surface area contributed by atoms with Crippen LogP contribution in [-0.4, -0.2) is 35.3 Å². The molecule has 1 heterocycles. The van der Waals surface area contributed by atoms with Crippen LogP contribution in [0.5, 0.6) is 11.5 Å². The number of nitrogens with zero attached hydrogens (tertiary/aromatic N) is 1. The van der Waals surface area contributed by atoms with Crippen LogP contribution >= 0.6 is 35.6 Å². The number of halogens is 1. The number of rotatable bonds is 8. The first-order chi connectivity index (χ1) is 17.4. The van der Waals surface area contributed by atoms with Crippen LogP contribution in [0.25, 0.3) is 6.08 Å². The summed E-state index contributed by atoms with van der Waals surface area (Å²) in [5.41, 5.74) is 2.30. The van der Waals surface area contributed by atoms with Crippen LogP contribution in [0.2, 0.25) is 5.02 Å². The molecule has 0 spiro atoms. The molecule has 1 saturated heterocycles. The highest BCUT2D eigenvalue weighted by atomic mass is 35.5. The summed E-state index contributed by atoms with van der Waals surface area (Å²) in [5, 5.41) is 0.660. The van der Waals surface area contributed by atoms with E-state index in [1.165, 1.54) is 12.0 Å². The highest BCUT2D eigenvalue weighted by Gasteiger charge is 2.41. The molecule has 6 nitrogen and oxygen atoms in total. The average molecular weight is 540 g/mol. The van der Waals surface area contributed by atoms with E-state index in [0.29, 0.717) is 33.6 Å². The van der Waals surface area contributed by atoms with Gasteiger partial charge in [-0.15, -0.1) is 0 Å². The number of thiocarbonyl (C=S) groups is 1. The zero-order valence-electron chi connectivity index (χ0n) is 19.5. The molecule has 1 amide bonds. The lowest BCUT2D eigenvalue weighted by atomic mass is 10.1. The van der Waals surface area contributed by atoms with Crippen molar-refractivity contribution in [1.29, 1.82) is 0 Å². The molecule has 0 N–H and O–H groups in total. The van der Waals surface area contributed by atoms with Gasteiger partial charge in [0.2, 0.25) is 0 Å². The maximum Gasteiger partial charge on any atom is 0.333 e. The lowest BCUT2D eigenvalue weighted by molar-refractivity contribution is -0.148. The van der Waals surface area contributed by atoms with E-state index in [1.54, 1.807) is 61.7 Å². The smallest absolute Gasteiger partial charge is 0.333 e. The van der Waals surface area contributed by atoms with Crippen LogP contribution in [0.15, 0.2) is 77.7 Å². The third-order valence-electron chi connectivity index (χ3n) is 5.41. The molecule has 0 aliphatic carbocycles. The molecule has 184 valence electrons. The van der Waals surface area contributed by atoms with Crippen LogP contribution in [0.4, 0.5) is 0 Å². The molecule has 1 unspecified atom stereocenters. The second-order valence-electron chi connectivity index (χ2n) is 7.71. The Balaban J connectivity index is 1.56. The van der Waals surface area contributed by atoms with Crippen molar-refractivity contribution in [3.8, 4) is 11.5 Å². The van der Waals surface area contributed by atoms with E-state index in [1.807, 2.05) is 24.3 Å². The quantitative estimate of drug-likeness (QED) is 0.196. The molecule has 3 aromatic carbocycles. The first kappa shape index (κ1) is 25.8. The molecule has 9 heteroatoms. The fourth-order valence-electron chi connectivity index (χ4n) is 3.63. The Kier molecular flexibility index (Phi) is 8.30. The number of methoxy groups -OCH3 is 2. The Labute approximate surface area is 223 Å². The zero-order valence-corrected chi connectivity index (χ0v) is 21.9. The average Bonchev–Trinajstić information content (AvgIpc) is 3.17. The summed E-state index contributed by atoms with van der Waals surface area (Å²) in [7, 11) is 2.84. The van der Waals surface area contributed by atoms with Gasteiger partial charge in [-0.3, -0.25) is 9.69 Å². The highest BCUT2D eigenvalue weighted by Crippen LogP contribution is 2.39. The summed E-state index contributed by atoms with van der Waals surface area (Å²) in [4.78, 5) is 27.6.